The minimum Gasteiger partial charge on any atom is -0.481 e. The summed E-state index contributed by atoms with van der Waals surface area (Å²) in [5, 5.41) is 18.0. The number of furan rings is 1. The summed E-state index contributed by atoms with van der Waals surface area (Å²) in [6, 6.07) is 7.06. The molecule has 1 atom stereocenters. The van der Waals surface area contributed by atoms with E-state index in [4.69, 9.17) is 20.5 Å². The van der Waals surface area contributed by atoms with Crippen LogP contribution >= 0.6 is 0 Å². The zero-order valence-electron chi connectivity index (χ0n) is 10.8. The number of hydrogen-bond donors (Lipinski definition) is 2. The van der Waals surface area contributed by atoms with Crippen LogP contribution in [0.25, 0.3) is 11.3 Å². The number of carboxylic acids is 1. The molecule has 0 saturated carbocycles. The number of nitrogens with zero attached hydrogens (tertiary/aromatic N) is 2. The zero-order chi connectivity index (χ0) is 14.7. The summed E-state index contributed by atoms with van der Waals surface area (Å²) >= 11 is 0. The first-order valence-electron chi connectivity index (χ1n) is 5.99. The summed E-state index contributed by atoms with van der Waals surface area (Å²) in [4.78, 5) is 14.9. The van der Waals surface area contributed by atoms with Crippen LogP contribution in [0.2, 0.25) is 0 Å². The van der Waals surface area contributed by atoms with Crippen molar-refractivity contribution in [2.75, 3.05) is 5.73 Å². The molecule has 2 aromatic heterocycles. The number of aliphatic carboxylic acids is 1. The topological polar surface area (TPSA) is 113 Å². The second-order valence-corrected chi connectivity index (χ2v) is 4.44. The van der Waals surface area contributed by atoms with Crippen molar-refractivity contribution >= 4 is 11.8 Å². The largest absolute Gasteiger partial charge is 0.481 e. The summed E-state index contributed by atoms with van der Waals surface area (Å²) in [5.41, 5.74) is 7.06. The summed E-state index contributed by atoms with van der Waals surface area (Å²) in [7, 11) is 0. The van der Waals surface area contributed by atoms with Crippen LogP contribution in [0, 0.1) is 11.3 Å². The average Bonchev–Trinajstić information content (AvgIpc) is 2.90. The van der Waals surface area contributed by atoms with Crippen LogP contribution < -0.4 is 5.73 Å². The lowest BCUT2D eigenvalue weighted by atomic mass is 9.98. The van der Waals surface area contributed by atoms with Crippen molar-refractivity contribution in [3.05, 3.63) is 35.7 Å². The molecule has 102 valence electrons. The number of carboxylic acid groups (broad SMARTS) is 1. The van der Waals surface area contributed by atoms with Crippen LogP contribution in [0.3, 0.4) is 0 Å². The Balaban J connectivity index is 2.53. The highest BCUT2D eigenvalue weighted by molar-refractivity contribution is 5.73. The minimum absolute atomic E-state index is 0.0596. The summed E-state index contributed by atoms with van der Waals surface area (Å²) in [5.74, 6) is -0.647. The highest BCUT2D eigenvalue weighted by Gasteiger charge is 2.18. The second-order valence-electron chi connectivity index (χ2n) is 4.44. The van der Waals surface area contributed by atoms with Gasteiger partial charge in [-0.15, -0.1) is 0 Å². The van der Waals surface area contributed by atoms with E-state index in [1.165, 1.54) is 6.26 Å². The van der Waals surface area contributed by atoms with Gasteiger partial charge in [0.2, 0.25) is 0 Å². The van der Waals surface area contributed by atoms with E-state index in [0.29, 0.717) is 17.0 Å². The molecule has 0 aliphatic carbocycles. The second kappa shape index (κ2) is 5.45. The lowest BCUT2D eigenvalue weighted by molar-refractivity contribution is -0.137. The maximum absolute atomic E-state index is 10.8. The smallest absolute Gasteiger partial charge is 0.304 e. The first-order valence-corrected chi connectivity index (χ1v) is 5.99. The van der Waals surface area contributed by atoms with Gasteiger partial charge in [0, 0.05) is 17.2 Å². The fourth-order valence-electron chi connectivity index (χ4n) is 1.95. The molecular weight excluding hydrogens is 258 g/mol. The number of nitriles is 1. The molecule has 3 N–H and O–H groups in total. The van der Waals surface area contributed by atoms with Gasteiger partial charge in [0.15, 0.2) is 0 Å². The Morgan fingerprint density at radius 3 is 2.95 bits per heavy atom. The Kier molecular flexibility index (Phi) is 3.71. The number of nitrogen functional groups attached to an aromatic ring is 1. The first kappa shape index (κ1) is 13.6. The highest BCUT2D eigenvalue weighted by atomic mass is 16.4. The predicted molar refractivity (Wildman–Crippen MR) is 71.7 cm³/mol. The third-order valence-electron chi connectivity index (χ3n) is 2.95. The Morgan fingerprint density at radius 2 is 2.40 bits per heavy atom. The molecule has 0 aromatic carbocycles. The van der Waals surface area contributed by atoms with Gasteiger partial charge in [-0.3, -0.25) is 4.79 Å². The van der Waals surface area contributed by atoms with Gasteiger partial charge in [-0.25, -0.2) is 4.98 Å². The minimum atomic E-state index is -0.915. The van der Waals surface area contributed by atoms with Gasteiger partial charge in [0.05, 0.1) is 12.7 Å². The lowest BCUT2D eigenvalue weighted by Crippen LogP contribution is -2.08. The Labute approximate surface area is 115 Å². The summed E-state index contributed by atoms with van der Waals surface area (Å²) in [6.07, 6.45) is 1.43. The fraction of sp³-hybridized carbons (Fsp3) is 0.214. The van der Waals surface area contributed by atoms with Gasteiger partial charge >= 0.3 is 5.97 Å². The van der Waals surface area contributed by atoms with Crippen molar-refractivity contribution in [2.24, 2.45) is 0 Å². The molecule has 0 aliphatic heterocycles. The standard InChI is InChI=1S/C14H13N3O3/c1-8(5-13(18)19)11-6-9(12-3-2-4-20-12)10(7-15)14(16)17-11/h2-4,6,8H,5H2,1H3,(H2,16,17)(H,18,19). The number of carbonyl (C=O) groups is 1. The monoisotopic (exact) mass is 271 g/mol. The van der Waals surface area contributed by atoms with Crippen LogP contribution in [0.1, 0.15) is 30.5 Å². The maximum Gasteiger partial charge on any atom is 0.304 e. The van der Waals surface area contributed by atoms with E-state index < -0.39 is 5.97 Å². The SMILES string of the molecule is CC(CC(=O)O)c1cc(-c2ccco2)c(C#N)c(N)n1. The molecule has 0 spiro atoms. The van der Waals surface area contributed by atoms with Crippen molar-refractivity contribution in [3.63, 3.8) is 0 Å². The Morgan fingerprint density at radius 1 is 1.65 bits per heavy atom. The van der Waals surface area contributed by atoms with Crippen LogP contribution in [0.15, 0.2) is 28.9 Å². The van der Waals surface area contributed by atoms with Gasteiger partial charge in [0.1, 0.15) is 23.2 Å². The van der Waals surface area contributed by atoms with E-state index >= 15 is 0 Å². The van der Waals surface area contributed by atoms with E-state index in [-0.39, 0.29) is 23.7 Å². The van der Waals surface area contributed by atoms with Crippen molar-refractivity contribution in [3.8, 4) is 17.4 Å². The third-order valence-corrected chi connectivity index (χ3v) is 2.95. The van der Waals surface area contributed by atoms with E-state index in [1.54, 1.807) is 25.1 Å². The molecule has 2 aromatic rings. The molecule has 2 rings (SSSR count). The van der Waals surface area contributed by atoms with Crippen molar-refractivity contribution < 1.29 is 14.3 Å². The lowest BCUT2D eigenvalue weighted by Gasteiger charge is -2.12. The van der Waals surface area contributed by atoms with E-state index in [9.17, 15) is 4.79 Å². The van der Waals surface area contributed by atoms with Crippen LogP contribution in [0.4, 0.5) is 5.82 Å². The Hall–Kier alpha value is -2.81. The van der Waals surface area contributed by atoms with Crippen molar-refractivity contribution in [1.29, 1.82) is 5.26 Å². The van der Waals surface area contributed by atoms with Crippen molar-refractivity contribution in [2.45, 2.75) is 19.3 Å². The predicted octanol–water partition coefficient (Wildman–Crippen LogP) is 2.37. The van der Waals surface area contributed by atoms with Crippen molar-refractivity contribution in [1.82, 2.24) is 4.98 Å². The van der Waals surface area contributed by atoms with E-state index in [1.807, 2.05) is 6.07 Å². The number of rotatable bonds is 4. The molecule has 0 radical (unpaired) electrons. The molecule has 6 nitrogen and oxygen atoms in total. The maximum atomic E-state index is 10.8. The quantitative estimate of drug-likeness (QED) is 0.882. The van der Waals surface area contributed by atoms with Crippen LogP contribution in [-0.2, 0) is 4.79 Å². The number of aromatic nitrogens is 1. The van der Waals surface area contributed by atoms with Gasteiger partial charge in [-0.2, -0.15) is 5.26 Å². The van der Waals surface area contributed by atoms with Crippen LogP contribution in [0.5, 0.6) is 0 Å². The Bertz CT molecular complexity index is 672. The fourth-order valence-corrected chi connectivity index (χ4v) is 1.95. The van der Waals surface area contributed by atoms with Crippen LogP contribution in [-0.4, -0.2) is 16.1 Å². The van der Waals surface area contributed by atoms with Gasteiger partial charge < -0.3 is 15.3 Å². The molecule has 2 heterocycles. The average molecular weight is 271 g/mol. The van der Waals surface area contributed by atoms with E-state index in [0.717, 1.165) is 0 Å². The van der Waals surface area contributed by atoms with E-state index in [2.05, 4.69) is 4.98 Å². The third kappa shape index (κ3) is 2.62. The van der Waals surface area contributed by atoms with Gasteiger partial charge in [-0.05, 0) is 18.2 Å². The summed E-state index contributed by atoms with van der Waals surface area (Å²) in [6.45, 7) is 1.74. The number of anilines is 1. The number of nitrogens with two attached hydrogens (primary N) is 1. The number of hydrogen-bond acceptors (Lipinski definition) is 5. The number of pyridine rings is 1. The molecule has 0 amide bonds. The molecule has 20 heavy (non-hydrogen) atoms. The molecule has 0 saturated heterocycles. The molecule has 6 heteroatoms. The molecule has 0 aliphatic rings. The molecule has 1 unspecified atom stereocenters. The normalized spacial score (nSPS) is 11.8. The first-order chi connectivity index (χ1) is 9.52. The molecule has 0 bridgehead atoms. The van der Waals surface area contributed by atoms with Gasteiger partial charge in [0.25, 0.3) is 0 Å². The summed E-state index contributed by atoms with van der Waals surface area (Å²) < 4.78 is 5.28. The highest BCUT2D eigenvalue weighted by Crippen LogP contribution is 2.30. The molecule has 0 fully saturated rings. The molecular formula is C14H13N3O3. The zero-order valence-corrected chi connectivity index (χ0v) is 10.8. The van der Waals surface area contributed by atoms with Gasteiger partial charge in [-0.1, -0.05) is 6.92 Å².